The Morgan fingerprint density at radius 2 is 0.875 bits per heavy atom. The van der Waals surface area contributed by atoms with E-state index < -0.39 is 32.5 Å². The molecule has 0 spiro atoms. The molecule has 0 aliphatic rings. The molecule has 0 heterocycles. The maximum atomic E-state index is 12.4. The Kier molecular flexibility index (Phi) is 34.3. The van der Waals surface area contributed by atoms with Crippen molar-refractivity contribution in [3.63, 3.8) is 0 Å². The number of allylic oxidation sites excluding steroid dienone is 4. The lowest BCUT2D eigenvalue weighted by molar-refractivity contribution is -0.161. The largest absolute Gasteiger partial charge is 0.469 e. The van der Waals surface area contributed by atoms with E-state index in [0.29, 0.717) is 6.42 Å². The summed E-state index contributed by atoms with van der Waals surface area (Å²) in [5.74, 6) is -0.896. The quantitative estimate of drug-likeness (QED) is 0.0287. The average Bonchev–Trinajstić information content (AvgIpc) is 3.05. The first-order valence-electron chi connectivity index (χ1n) is 19.6. The Morgan fingerprint density at radius 1 is 0.521 bits per heavy atom. The van der Waals surface area contributed by atoms with Crippen molar-refractivity contribution < 1.29 is 37.9 Å². The summed E-state index contributed by atoms with van der Waals surface area (Å²) in [5, 5.41) is 0. The minimum Gasteiger partial charge on any atom is -0.462 e. The standard InChI is InChI=1S/C39H73O8P/c1-3-5-7-9-11-13-15-17-19-21-23-25-27-29-31-33-38(40)45-35-37(36-46-48(42,43)44)47-39(41)34-32-30-28-26-24-22-20-18-16-14-12-10-8-6-4-2/h13,15,18,20,37H,3-12,14,16-17,19,21-36H2,1-2H3,(H2,42,43,44)/b15-13+,20-18+/t37-/m1/s1. The van der Waals surface area contributed by atoms with Gasteiger partial charge in [0, 0.05) is 12.8 Å². The Labute approximate surface area is 294 Å². The van der Waals surface area contributed by atoms with Crippen molar-refractivity contribution in [2.75, 3.05) is 13.2 Å². The summed E-state index contributed by atoms with van der Waals surface area (Å²) >= 11 is 0. The summed E-state index contributed by atoms with van der Waals surface area (Å²) in [4.78, 5) is 42.7. The van der Waals surface area contributed by atoms with Crippen LogP contribution in [-0.2, 0) is 28.2 Å². The summed E-state index contributed by atoms with van der Waals surface area (Å²) in [5.41, 5.74) is 0. The molecule has 48 heavy (non-hydrogen) atoms. The molecule has 0 amide bonds. The van der Waals surface area contributed by atoms with Crippen molar-refractivity contribution in [1.29, 1.82) is 0 Å². The zero-order chi connectivity index (χ0) is 35.4. The van der Waals surface area contributed by atoms with E-state index in [1.165, 1.54) is 96.3 Å². The van der Waals surface area contributed by atoms with E-state index in [1.54, 1.807) is 0 Å². The number of rotatable bonds is 36. The highest BCUT2D eigenvalue weighted by atomic mass is 31.2. The molecule has 0 aliphatic carbocycles. The number of phosphoric ester groups is 1. The number of unbranched alkanes of at least 4 members (excludes halogenated alkanes) is 22. The van der Waals surface area contributed by atoms with Crippen LogP contribution in [0.5, 0.6) is 0 Å². The minimum atomic E-state index is -4.75. The predicted octanol–water partition coefficient (Wildman–Crippen LogP) is 11.6. The number of phosphoric acid groups is 1. The highest BCUT2D eigenvalue weighted by Crippen LogP contribution is 2.36. The van der Waals surface area contributed by atoms with Crippen LogP contribution in [0.4, 0.5) is 0 Å². The molecule has 282 valence electrons. The maximum Gasteiger partial charge on any atom is 0.469 e. The van der Waals surface area contributed by atoms with Gasteiger partial charge in [0.2, 0.25) is 0 Å². The lowest BCUT2D eigenvalue weighted by Crippen LogP contribution is -2.29. The van der Waals surface area contributed by atoms with Crippen LogP contribution in [0.15, 0.2) is 24.3 Å². The predicted molar refractivity (Wildman–Crippen MR) is 198 cm³/mol. The normalized spacial score (nSPS) is 12.7. The summed E-state index contributed by atoms with van der Waals surface area (Å²) in [6, 6.07) is 0. The average molecular weight is 701 g/mol. The Balaban J connectivity index is 3.96. The van der Waals surface area contributed by atoms with Crippen molar-refractivity contribution in [3.8, 4) is 0 Å². The Morgan fingerprint density at radius 3 is 1.29 bits per heavy atom. The van der Waals surface area contributed by atoms with Crippen molar-refractivity contribution in [3.05, 3.63) is 24.3 Å². The molecule has 9 heteroatoms. The van der Waals surface area contributed by atoms with Crippen LogP contribution in [0.1, 0.15) is 194 Å². The number of esters is 2. The molecule has 1 atom stereocenters. The molecule has 0 unspecified atom stereocenters. The first-order chi connectivity index (χ1) is 23.3. The van der Waals surface area contributed by atoms with Crippen molar-refractivity contribution in [2.45, 2.75) is 200 Å². The molecular formula is C39H73O8P. The first-order valence-corrected chi connectivity index (χ1v) is 21.2. The summed E-state index contributed by atoms with van der Waals surface area (Å²) in [6.07, 6.45) is 38.9. The smallest absolute Gasteiger partial charge is 0.462 e. The van der Waals surface area contributed by atoms with Gasteiger partial charge in [0.1, 0.15) is 6.61 Å². The number of hydrogen-bond acceptors (Lipinski definition) is 6. The van der Waals surface area contributed by atoms with Gasteiger partial charge in [-0.25, -0.2) is 4.57 Å². The van der Waals surface area contributed by atoms with E-state index in [2.05, 4.69) is 42.7 Å². The van der Waals surface area contributed by atoms with Crippen LogP contribution in [0.3, 0.4) is 0 Å². The Bertz CT molecular complexity index is 838. The second-order valence-corrected chi connectivity index (χ2v) is 14.5. The fourth-order valence-corrected chi connectivity index (χ4v) is 5.84. The molecule has 0 aromatic heterocycles. The second-order valence-electron chi connectivity index (χ2n) is 13.2. The third kappa shape index (κ3) is 37.4. The number of hydrogen-bond donors (Lipinski definition) is 2. The van der Waals surface area contributed by atoms with Gasteiger partial charge in [-0.2, -0.15) is 0 Å². The van der Waals surface area contributed by atoms with Crippen LogP contribution in [0, 0.1) is 0 Å². The van der Waals surface area contributed by atoms with Gasteiger partial charge in [0.15, 0.2) is 6.10 Å². The number of carbonyl (C=O) groups is 2. The van der Waals surface area contributed by atoms with E-state index in [9.17, 15) is 14.2 Å². The molecule has 0 saturated heterocycles. The van der Waals surface area contributed by atoms with E-state index in [-0.39, 0.29) is 19.4 Å². The van der Waals surface area contributed by atoms with Crippen molar-refractivity contribution >= 4 is 19.8 Å². The van der Waals surface area contributed by atoms with Gasteiger partial charge in [0.25, 0.3) is 0 Å². The lowest BCUT2D eigenvalue weighted by Gasteiger charge is -2.18. The molecule has 0 aromatic rings. The topological polar surface area (TPSA) is 119 Å². The van der Waals surface area contributed by atoms with E-state index in [1.807, 2.05) is 0 Å². The van der Waals surface area contributed by atoms with Gasteiger partial charge in [-0.15, -0.1) is 0 Å². The molecule has 0 aliphatic heterocycles. The number of ether oxygens (including phenoxy) is 2. The first kappa shape index (κ1) is 46.5. The van der Waals surface area contributed by atoms with E-state index in [4.69, 9.17) is 19.3 Å². The van der Waals surface area contributed by atoms with Crippen LogP contribution < -0.4 is 0 Å². The van der Waals surface area contributed by atoms with Gasteiger partial charge in [0.05, 0.1) is 6.61 Å². The fourth-order valence-electron chi connectivity index (χ4n) is 5.48. The molecule has 8 nitrogen and oxygen atoms in total. The monoisotopic (exact) mass is 701 g/mol. The van der Waals surface area contributed by atoms with E-state index >= 15 is 0 Å². The van der Waals surface area contributed by atoms with E-state index in [0.717, 1.165) is 64.2 Å². The zero-order valence-electron chi connectivity index (χ0n) is 30.9. The molecule has 0 radical (unpaired) electrons. The Hall–Kier alpha value is -1.47. The zero-order valence-corrected chi connectivity index (χ0v) is 31.8. The third-order valence-electron chi connectivity index (χ3n) is 8.44. The maximum absolute atomic E-state index is 12.4. The van der Waals surface area contributed by atoms with Crippen LogP contribution in [0.2, 0.25) is 0 Å². The van der Waals surface area contributed by atoms with Crippen LogP contribution in [0.25, 0.3) is 0 Å². The number of carbonyl (C=O) groups excluding carboxylic acids is 2. The second kappa shape index (κ2) is 35.4. The molecule has 0 saturated carbocycles. The highest BCUT2D eigenvalue weighted by Gasteiger charge is 2.22. The molecule has 0 bridgehead atoms. The van der Waals surface area contributed by atoms with Gasteiger partial charge in [-0.1, -0.05) is 141 Å². The highest BCUT2D eigenvalue weighted by molar-refractivity contribution is 7.46. The van der Waals surface area contributed by atoms with Crippen molar-refractivity contribution in [1.82, 2.24) is 0 Å². The third-order valence-corrected chi connectivity index (χ3v) is 8.93. The van der Waals surface area contributed by atoms with Gasteiger partial charge >= 0.3 is 19.8 Å². The van der Waals surface area contributed by atoms with Gasteiger partial charge < -0.3 is 19.3 Å². The molecule has 0 fully saturated rings. The molecule has 0 aromatic carbocycles. The summed E-state index contributed by atoms with van der Waals surface area (Å²) < 4.78 is 26.3. The summed E-state index contributed by atoms with van der Waals surface area (Å²) in [7, 11) is -4.75. The molecular weight excluding hydrogens is 627 g/mol. The summed E-state index contributed by atoms with van der Waals surface area (Å²) in [6.45, 7) is 3.66. The molecule has 0 rings (SSSR count). The van der Waals surface area contributed by atoms with Crippen molar-refractivity contribution in [2.24, 2.45) is 0 Å². The SMILES string of the molecule is CCCCCC/C=C/CCCCCCCCCC(=O)OC[C@H](COP(=O)(O)O)OC(=O)CCCCCCC/C=C/CCCCCCCC. The van der Waals surface area contributed by atoms with Gasteiger partial charge in [-0.05, 0) is 64.2 Å². The van der Waals surface area contributed by atoms with Crippen LogP contribution in [-0.4, -0.2) is 41.0 Å². The fraction of sp³-hybridized carbons (Fsp3) is 0.846. The minimum absolute atomic E-state index is 0.203. The molecule has 2 N–H and O–H groups in total. The van der Waals surface area contributed by atoms with Gasteiger partial charge in [-0.3, -0.25) is 14.1 Å². The van der Waals surface area contributed by atoms with Crippen LogP contribution >= 0.6 is 7.82 Å². The lowest BCUT2D eigenvalue weighted by atomic mass is 10.1.